The minimum absolute atomic E-state index is 0.0602. The van der Waals surface area contributed by atoms with Gasteiger partial charge in [0.25, 0.3) is 5.56 Å². The topological polar surface area (TPSA) is 81.1 Å². The van der Waals surface area contributed by atoms with Crippen molar-refractivity contribution in [3.8, 4) is 5.69 Å². The molecule has 0 aliphatic heterocycles. The molecule has 4 rings (SSSR count). The second-order valence-corrected chi connectivity index (χ2v) is 8.70. The number of para-hydroxylation sites is 2. The predicted molar refractivity (Wildman–Crippen MR) is 128 cm³/mol. The van der Waals surface area contributed by atoms with Gasteiger partial charge < -0.3 is 5.32 Å². The molecule has 0 bridgehead atoms. The fourth-order valence-corrected chi connectivity index (χ4v) is 4.23. The molecule has 1 amide bonds. The Kier molecular flexibility index (Phi) is 6.37. The summed E-state index contributed by atoms with van der Waals surface area (Å²) in [5, 5.41) is 2.66. The summed E-state index contributed by atoms with van der Waals surface area (Å²) in [6.45, 7) is 3.12. The molecule has 6 nitrogen and oxygen atoms in total. The van der Waals surface area contributed by atoms with Gasteiger partial charge in [-0.15, -0.1) is 0 Å². The van der Waals surface area contributed by atoms with E-state index in [1.54, 1.807) is 61.5 Å². The van der Waals surface area contributed by atoms with Crippen LogP contribution < -0.4 is 10.9 Å². The summed E-state index contributed by atoms with van der Waals surface area (Å²) < 4.78 is 15.8. The maximum Gasteiger partial charge on any atom is 0.266 e. The molecule has 0 aliphatic carbocycles. The van der Waals surface area contributed by atoms with Crippen molar-refractivity contribution in [3.63, 3.8) is 0 Å². The van der Waals surface area contributed by atoms with Gasteiger partial charge in [-0.25, -0.2) is 9.37 Å². The molecule has 1 aromatic heterocycles. The summed E-state index contributed by atoms with van der Waals surface area (Å²) in [5.41, 5.74) is 1.06. The number of amides is 1. The Bertz CT molecular complexity index is 1430. The van der Waals surface area contributed by atoms with Crippen LogP contribution in [-0.2, 0) is 4.79 Å². The molecule has 3 aromatic carbocycles. The average molecular weight is 462 g/mol. The number of aromatic nitrogens is 2. The highest BCUT2D eigenvalue weighted by molar-refractivity contribution is 8.00. The maximum atomic E-state index is 14.6. The molecular weight excluding hydrogens is 441 g/mol. The van der Waals surface area contributed by atoms with Gasteiger partial charge in [0.05, 0.1) is 21.8 Å². The Morgan fingerprint density at radius 2 is 1.76 bits per heavy atom. The molecule has 0 saturated heterocycles. The lowest BCUT2D eigenvalue weighted by Crippen LogP contribution is -2.26. The third-order valence-electron chi connectivity index (χ3n) is 5.03. The number of carbonyl (C=O) groups is 2. The van der Waals surface area contributed by atoms with Crippen LogP contribution in [0, 0.1) is 5.82 Å². The largest absolute Gasteiger partial charge is 0.325 e. The number of carbonyl (C=O) groups excluding carboxylic acids is 2. The number of halogens is 1. The number of anilines is 1. The normalized spacial score (nSPS) is 11.8. The molecule has 33 heavy (non-hydrogen) atoms. The van der Waals surface area contributed by atoms with Crippen molar-refractivity contribution in [2.45, 2.75) is 24.3 Å². The summed E-state index contributed by atoms with van der Waals surface area (Å²) in [6.07, 6.45) is 0. The maximum absolute atomic E-state index is 14.6. The third kappa shape index (κ3) is 4.70. The summed E-state index contributed by atoms with van der Waals surface area (Å²) in [7, 11) is 0. The van der Waals surface area contributed by atoms with Gasteiger partial charge in [-0.2, -0.15) is 0 Å². The van der Waals surface area contributed by atoms with Crippen molar-refractivity contribution in [2.75, 3.05) is 5.32 Å². The molecule has 0 saturated carbocycles. The standard InChI is InChI=1S/C25H20FN3O3S/c1-15(30)17-8-7-9-18(14-17)27-23(31)16(2)33-25-28-21-12-5-3-10-19(21)24(32)29(25)22-13-6-4-11-20(22)26/h3-14,16H,1-2H3,(H,27,31). The van der Waals surface area contributed by atoms with Gasteiger partial charge in [0.2, 0.25) is 5.91 Å². The second-order valence-electron chi connectivity index (χ2n) is 7.39. The molecule has 1 heterocycles. The number of hydrogen-bond acceptors (Lipinski definition) is 5. The molecule has 0 fully saturated rings. The van der Waals surface area contributed by atoms with E-state index in [1.807, 2.05) is 0 Å². The van der Waals surface area contributed by atoms with E-state index in [0.29, 0.717) is 22.2 Å². The van der Waals surface area contributed by atoms with Crippen LogP contribution in [-0.4, -0.2) is 26.5 Å². The fourth-order valence-electron chi connectivity index (χ4n) is 3.31. The van der Waals surface area contributed by atoms with Crippen LogP contribution in [0.5, 0.6) is 0 Å². The van der Waals surface area contributed by atoms with Crippen molar-refractivity contribution in [1.29, 1.82) is 0 Å². The number of Topliss-reactive ketones (excluding diaryl/α,β-unsaturated/α-hetero) is 1. The van der Waals surface area contributed by atoms with Crippen LogP contribution in [0.25, 0.3) is 16.6 Å². The van der Waals surface area contributed by atoms with Crippen molar-refractivity contribution in [3.05, 3.63) is 94.5 Å². The highest BCUT2D eigenvalue weighted by Gasteiger charge is 2.21. The zero-order valence-corrected chi connectivity index (χ0v) is 18.7. The highest BCUT2D eigenvalue weighted by Crippen LogP contribution is 2.27. The summed E-state index contributed by atoms with van der Waals surface area (Å²) in [4.78, 5) is 42.3. The van der Waals surface area contributed by atoms with Crippen molar-refractivity contribution in [2.24, 2.45) is 0 Å². The molecule has 0 spiro atoms. The smallest absolute Gasteiger partial charge is 0.266 e. The van der Waals surface area contributed by atoms with Crippen LogP contribution >= 0.6 is 11.8 Å². The Balaban J connectivity index is 1.70. The zero-order chi connectivity index (χ0) is 23.5. The molecule has 1 N–H and O–H groups in total. The Morgan fingerprint density at radius 1 is 1.03 bits per heavy atom. The van der Waals surface area contributed by atoms with Gasteiger partial charge in [0, 0.05) is 11.3 Å². The van der Waals surface area contributed by atoms with Gasteiger partial charge in [-0.05, 0) is 50.2 Å². The lowest BCUT2D eigenvalue weighted by atomic mass is 10.1. The first-order valence-electron chi connectivity index (χ1n) is 10.2. The second kappa shape index (κ2) is 9.38. The number of benzene rings is 3. The summed E-state index contributed by atoms with van der Waals surface area (Å²) in [6, 6.07) is 19.4. The van der Waals surface area contributed by atoms with E-state index in [2.05, 4.69) is 10.3 Å². The first kappa shape index (κ1) is 22.4. The Hall–Kier alpha value is -3.78. The minimum atomic E-state index is -0.669. The number of nitrogens with one attached hydrogen (secondary N) is 1. The number of fused-ring (bicyclic) bond motifs is 1. The average Bonchev–Trinajstić information content (AvgIpc) is 2.80. The van der Waals surface area contributed by atoms with Crippen LogP contribution in [0.1, 0.15) is 24.2 Å². The van der Waals surface area contributed by atoms with Gasteiger partial charge in [0.1, 0.15) is 5.82 Å². The van der Waals surface area contributed by atoms with Crippen LogP contribution in [0.15, 0.2) is 82.7 Å². The van der Waals surface area contributed by atoms with Crippen LogP contribution in [0.4, 0.5) is 10.1 Å². The van der Waals surface area contributed by atoms with Crippen molar-refractivity contribution < 1.29 is 14.0 Å². The van der Waals surface area contributed by atoms with Crippen molar-refractivity contribution >= 4 is 40.0 Å². The quantitative estimate of drug-likeness (QED) is 0.252. The van der Waals surface area contributed by atoms with E-state index in [1.165, 1.54) is 29.7 Å². The molecule has 166 valence electrons. The minimum Gasteiger partial charge on any atom is -0.325 e. The SMILES string of the molecule is CC(=O)c1cccc(NC(=O)C(C)Sc2nc3ccccc3c(=O)n2-c2ccccc2F)c1. The number of thioether (sulfide) groups is 1. The van der Waals surface area contributed by atoms with Gasteiger partial charge >= 0.3 is 0 Å². The number of rotatable bonds is 6. The number of hydrogen-bond donors (Lipinski definition) is 1. The van der Waals surface area contributed by atoms with Crippen molar-refractivity contribution in [1.82, 2.24) is 9.55 Å². The monoisotopic (exact) mass is 461 g/mol. The van der Waals surface area contributed by atoms with Crippen LogP contribution in [0.2, 0.25) is 0 Å². The molecule has 0 radical (unpaired) electrons. The first-order valence-corrected chi connectivity index (χ1v) is 11.1. The van der Waals surface area contributed by atoms with E-state index >= 15 is 0 Å². The number of nitrogens with zero attached hydrogens (tertiary/aromatic N) is 2. The lowest BCUT2D eigenvalue weighted by molar-refractivity contribution is -0.115. The molecule has 0 aliphatic rings. The van der Waals surface area contributed by atoms with E-state index < -0.39 is 16.6 Å². The summed E-state index contributed by atoms with van der Waals surface area (Å²) in [5.74, 6) is -1.03. The molecule has 1 atom stereocenters. The number of ketones is 1. The molecular formula is C25H20FN3O3S. The lowest BCUT2D eigenvalue weighted by Gasteiger charge is -2.17. The van der Waals surface area contributed by atoms with E-state index in [0.717, 1.165) is 11.8 Å². The Morgan fingerprint density at radius 3 is 2.52 bits per heavy atom. The van der Waals surface area contributed by atoms with E-state index in [9.17, 15) is 18.8 Å². The zero-order valence-electron chi connectivity index (χ0n) is 17.9. The molecule has 4 aromatic rings. The molecule has 1 unspecified atom stereocenters. The van der Waals surface area contributed by atoms with E-state index in [4.69, 9.17) is 0 Å². The highest BCUT2D eigenvalue weighted by atomic mass is 32.2. The third-order valence-corrected chi connectivity index (χ3v) is 6.08. The van der Waals surface area contributed by atoms with Gasteiger partial charge in [-0.1, -0.05) is 48.2 Å². The van der Waals surface area contributed by atoms with Crippen LogP contribution in [0.3, 0.4) is 0 Å². The van der Waals surface area contributed by atoms with Gasteiger partial charge in [0.15, 0.2) is 10.9 Å². The Labute approximate surface area is 193 Å². The fraction of sp³-hybridized carbons (Fsp3) is 0.120. The first-order chi connectivity index (χ1) is 15.8. The predicted octanol–water partition coefficient (Wildman–Crippen LogP) is 4.85. The summed E-state index contributed by atoms with van der Waals surface area (Å²) >= 11 is 1.05. The molecule has 8 heteroatoms. The van der Waals surface area contributed by atoms with Gasteiger partial charge in [-0.3, -0.25) is 19.0 Å². The van der Waals surface area contributed by atoms with E-state index in [-0.39, 0.29) is 22.5 Å².